The molecular formula is C31H35ClFN7O3. The molecule has 1 saturated carbocycles. The Hall–Kier alpha value is -3.93. The van der Waals surface area contributed by atoms with E-state index in [0.717, 1.165) is 37.9 Å². The maximum Gasteiger partial charge on any atom is 0.247 e. The summed E-state index contributed by atoms with van der Waals surface area (Å²) in [6.07, 6.45) is 6.38. The van der Waals surface area contributed by atoms with Crippen molar-refractivity contribution < 1.29 is 18.8 Å². The number of hydroxylamine groups is 1. The Balaban J connectivity index is 1.24. The third kappa shape index (κ3) is 6.53. The van der Waals surface area contributed by atoms with Gasteiger partial charge in [0, 0.05) is 44.4 Å². The lowest BCUT2D eigenvalue weighted by Crippen LogP contribution is -2.47. The van der Waals surface area contributed by atoms with Crippen molar-refractivity contribution in [2.24, 2.45) is 0 Å². The third-order valence-corrected chi connectivity index (χ3v) is 8.41. The molecule has 1 aromatic heterocycles. The molecule has 43 heavy (non-hydrogen) atoms. The van der Waals surface area contributed by atoms with Crippen LogP contribution >= 0.6 is 11.6 Å². The summed E-state index contributed by atoms with van der Waals surface area (Å²) >= 11 is 6.00. The Morgan fingerprint density at radius 2 is 1.98 bits per heavy atom. The predicted molar refractivity (Wildman–Crippen MR) is 166 cm³/mol. The zero-order chi connectivity index (χ0) is 29.9. The SMILES string of the molecule is C=CC(=O)Nc1cc(Nc2cc(N3OCCC3Cc3cccc(Cl)c3F)ncn2)c(OC)cc1N1CCN(C2CC2)CC1. The summed E-state index contributed by atoms with van der Waals surface area (Å²) in [6, 6.07) is 11.2. The first-order chi connectivity index (χ1) is 20.9. The lowest BCUT2D eigenvalue weighted by atomic mass is 10.0. The fourth-order valence-corrected chi connectivity index (χ4v) is 5.92. The van der Waals surface area contributed by atoms with Gasteiger partial charge in [-0.2, -0.15) is 0 Å². The summed E-state index contributed by atoms with van der Waals surface area (Å²) in [7, 11) is 1.61. The smallest absolute Gasteiger partial charge is 0.247 e. The van der Waals surface area contributed by atoms with Crippen LogP contribution < -0.4 is 25.3 Å². The van der Waals surface area contributed by atoms with Crippen LogP contribution in [0.4, 0.5) is 33.1 Å². The van der Waals surface area contributed by atoms with Crippen molar-refractivity contribution in [2.75, 3.05) is 60.5 Å². The van der Waals surface area contributed by atoms with Crippen molar-refractivity contribution in [3.05, 3.63) is 71.8 Å². The summed E-state index contributed by atoms with van der Waals surface area (Å²) in [5, 5.41) is 8.08. The van der Waals surface area contributed by atoms with Gasteiger partial charge in [-0.1, -0.05) is 30.3 Å². The highest BCUT2D eigenvalue weighted by Crippen LogP contribution is 2.40. The van der Waals surface area contributed by atoms with Gasteiger partial charge >= 0.3 is 0 Å². The van der Waals surface area contributed by atoms with Crippen LogP contribution in [0.2, 0.25) is 5.02 Å². The molecule has 1 aliphatic carbocycles. The highest BCUT2D eigenvalue weighted by Gasteiger charge is 2.32. The van der Waals surface area contributed by atoms with Crippen molar-refractivity contribution in [1.29, 1.82) is 0 Å². The van der Waals surface area contributed by atoms with Crippen LogP contribution in [-0.4, -0.2) is 72.8 Å². The number of rotatable bonds is 10. The first-order valence-electron chi connectivity index (χ1n) is 14.5. The maximum atomic E-state index is 14.6. The number of halogens is 2. The number of carbonyl (C=O) groups is 1. The average Bonchev–Trinajstić information content (AvgIpc) is 3.78. The molecule has 2 aliphatic heterocycles. The number of nitrogens with zero attached hydrogens (tertiary/aromatic N) is 5. The molecule has 2 aromatic carbocycles. The summed E-state index contributed by atoms with van der Waals surface area (Å²) in [5.74, 6) is 0.917. The van der Waals surface area contributed by atoms with Gasteiger partial charge in [-0.05, 0) is 49.5 Å². The molecule has 2 N–H and O–H groups in total. The average molecular weight is 608 g/mol. The summed E-state index contributed by atoms with van der Waals surface area (Å²) < 4.78 is 20.4. The van der Waals surface area contributed by atoms with Gasteiger partial charge in [-0.25, -0.2) is 19.4 Å². The van der Waals surface area contributed by atoms with Crippen LogP contribution in [0.15, 0.2) is 55.4 Å². The number of amides is 1. The Morgan fingerprint density at radius 1 is 1.16 bits per heavy atom. The number of hydrogen-bond acceptors (Lipinski definition) is 9. The Labute approximate surface area is 255 Å². The number of piperazine rings is 1. The molecule has 3 aromatic rings. The standard InChI is InChI=1S/C31H35ClFN7O3/c1-3-30(41)37-24-16-25(27(42-2)17-26(24)39-12-10-38(11-13-39)21-7-8-21)36-28-18-29(35-19-34-28)40-22(9-14-43-40)15-20-5-4-6-23(32)31(20)33/h3-6,16-19,21-22H,1,7-15H2,2H3,(H,37,41)(H,34,35,36). The summed E-state index contributed by atoms with van der Waals surface area (Å²) in [5.41, 5.74) is 2.67. The van der Waals surface area contributed by atoms with E-state index in [1.54, 1.807) is 30.4 Å². The van der Waals surface area contributed by atoms with E-state index in [1.165, 1.54) is 31.3 Å². The zero-order valence-corrected chi connectivity index (χ0v) is 24.8. The van der Waals surface area contributed by atoms with Crippen LogP contribution in [0, 0.1) is 5.82 Å². The minimum atomic E-state index is -0.416. The van der Waals surface area contributed by atoms with Crippen LogP contribution in [0.5, 0.6) is 5.75 Å². The molecule has 1 atom stereocenters. The Morgan fingerprint density at radius 3 is 2.72 bits per heavy atom. The molecule has 3 aliphatic rings. The van der Waals surface area contributed by atoms with Crippen molar-refractivity contribution in [3.8, 4) is 5.75 Å². The number of aromatic nitrogens is 2. The van der Waals surface area contributed by atoms with Crippen molar-refractivity contribution >= 4 is 46.2 Å². The second-order valence-corrected chi connectivity index (χ2v) is 11.3. The molecule has 226 valence electrons. The van der Waals surface area contributed by atoms with E-state index in [0.29, 0.717) is 53.8 Å². The fraction of sp³-hybridized carbons (Fsp3) is 0.387. The summed E-state index contributed by atoms with van der Waals surface area (Å²) in [6.45, 7) is 7.77. The largest absolute Gasteiger partial charge is 0.494 e. The normalized spacial score (nSPS) is 18.9. The van der Waals surface area contributed by atoms with E-state index in [1.807, 2.05) is 12.1 Å². The number of carbonyl (C=O) groups excluding carboxylic acids is 1. The van der Waals surface area contributed by atoms with Gasteiger partial charge in [-0.3, -0.25) is 14.5 Å². The molecule has 2 saturated heterocycles. The predicted octanol–water partition coefficient (Wildman–Crippen LogP) is 5.18. The lowest BCUT2D eigenvalue weighted by Gasteiger charge is -2.37. The third-order valence-electron chi connectivity index (χ3n) is 8.12. The summed E-state index contributed by atoms with van der Waals surface area (Å²) in [4.78, 5) is 32.0. The molecule has 10 nitrogen and oxygen atoms in total. The monoisotopic (exact) mass is 607 g/mol. The lowest BCUT2D eigenvalue weighted by molar-refractivity contribution is -0.111. The van der Waals surface area contributed by atoms with Gasteiger partial charge in [0.05, 0.1) is 41.8 Å². The minimum absolute atomic E-state index is 0.0978. The number of ether oxygens (including phenoxy) is 1. The van der Waals surface area contributed by atoms with E-state index >= 15 is 0 Å². The molecule has 12 heteroatoms. The molecule has 0 spiro atoms. The second-order valence-electron chi connectivity index (χ2n) is 10.9. The highest BCUT2D eigenvalue weighted by molar-refractivity contribution is 6.30. The van der Waals surface area contributed by atoms with Crippen molar-refractivity contribution in [1.82, 2.24) is 14.9 Å². The molecule has 3 fully saturated rings. The fourth-order valence-electron chi connectivity index (χ4n) is 5.73. The van der Waals surface area contributed by atoms with Crippen molar-refractivity contribution in [3.63, 3.8) is 0 Å². The molecule has 1 amide bonds. The molecule has 3 heterocycles. The van der Waals surface area contributed by atoms with Crippen LogP contribution in [-0.2, 0) is 16.1 Å². The minimum Gasteiger partial charge on any atom is -0.494 e. The number of hydrogen-bond donors (Lipinski definition) is 2. The first-order valence-corrected chi connectivity index (χ1v) is 14.9. The first kappa shape index (κ1) is 29.2. The van der Waals surface area contributed by atoms with Gasteiger partial charge in [0.2, 0.25) is 5.91 Å². The molecular weight excluding hydrogens is 573 g/mol. The zero-order valence-electron chi connectivity index (χ0n) is 24.1. The van der Waals surface area contributed by atoms with E-state index in [4.69, 9.17) is 21.2 Å². The van der Waals surface area contributed by atoms with Crippen LogP contribution in [0.25, 0.3) is 0 Å². The molecule has 0 bridgehead atoms. The molecule has 0 radical (unpaired) electrons. The Bertz CT molecular complexity index is 1500. The highest BCUT2D eigenvalue weighted by atomic mass is 35.5. The quantitative estimate of drug-likeness (QED) is 0.302. The van der Waals surface area contributed by atoms with Gasteiger partial charge < -0.3 is 20.3 Å². The van der Waals surface area contributed by atoms with Gasteiger partial charge in [0.1, 0.15) is 23.7 Å². The molecule has 6 rings (SSSR count). The molecule has 1 unspecified atom stereocenters. The van der Waals surface area contributed by atoms with E-state index in [2.05, 4.69) is 37.0 Å². The van der Waals surface area contributed by atoms with Crippen LogP contribution in [0.1, 0.15) is 24.8 Å². The van der Waals surface area contributed by atoms with Gasteiger partial charge in [-0.15, -0.1) is 0 Å². The van der Waals surface area contributed by atoms with Crippen molar-refractivity contribution in [2.45, 2.75) is 37.8 Å². The topological polar surface area (TPSA) is 95.1 Å². The van der Waals surface area contributed by atoms with Gasteiger partial charge in [0.25, 0.3) is 0 Å². The number of methoxy groups -OCH3 is 1. The van der Waals surface area contributed by atoms with E-state index < -0.39 is 5.82 Å². The second kappa shape index (κ2) is 12.7. The van der Waals surface area contributed by atoms with Crippen LogP contribution in [0.3, 0.4) is 0 Å². The van der Waals surface area contributed by atoms with E-state index in [-0.39, 0.29) is 17.0 Å². The Kier molecular flexibility index (Phi) is 8.64. The van der Waals surface area contributed by atoms with Gasteiger partial charge in [0.15, 0.2) is 5.82 Å². The maximum absolute atomic E-state index is 14.6. The number of anilines is 5. The number of benzene rings is 2. The number of nitrogens with one attached hydrogen (secondary N) is 2. The van der Waals surface area contributed by atoms with E-state index in [9.17, 15) is 9.18 Å².